The number of nitrogens with one attached hydrogen (secondary N) is 1. The highest BCUT2D eigenvalue weighted by Gasteiger charge is 2.38. The molecular weight excluding hydrogens is 282 g/mol. The minimum atomic E-state index is -0.175. The molecule has 0 spiro atoms. The molecule has 2 fully saturated rings. The van der Waals surface area contributed by atoms with Crippen LogP contribution in [0.1, 0.15) is 32.6 Å². The molecule has 2 aliphatic rings. The van der Waals surface area contributed by atoms with Crippen molar-refractivity contribution in [2.24, 2.45) is 5.92 Å². The Morgan fingerprint density at radius 3 is 2.77 bits per heavy atom. The second-order valence-corrected chi connectivity index (χ2v) is 6.25. The lowest BCUT2D eigenvalue weighted by Crippen LogP contribution is -2.49. The van der Waals surface area contributed by atoms with E-state index < -0.39 is 0 Å². The van der Waals surface area contributed by atoms with Crippen molar-refractivity contribution in [1.82, 2.24) is 15.1 Å². The summed E-state index contributed by atoms with van der Waals surface area (Å²) < 4.78 is 5.03. The lowest BCUT2D eigenvalue weighted by Gasteiger charge is -2.36. The molecular formula is C16H29N3O3. The van der Waals surface area contributed by atoms with E-state index in [4.69, 9.17) is 4.74 Å². The molecule has 0 aromatic heterocycles. The lowest BCUT2D eigenvalue weighted by molar-refractivity contribution is -0.138. The number of amides is 2. The van der Waals surface area contributed by atoms with Gasteiger partial charge in [0.1, 0.15) is 0 Å². The maximum absolute atomic E-state index is 12.9. The molecule has 0 saturated carbocycles. The summed E-state index contributed by atoms with van der Waals surface area (Å²) in [5, 5.41) is 3.34. The predicted molar refractivity (Wildman–Crippen MR) is 84.5 cm³/mol. The van der Waals surface area contributed by atoms with Gasteiger partial charge in [0.2, 0.25) is 11.8 Å². The molecule has 0 bridgehead atoms. The second-order valence-electron chi connectivity index (χ2n) is 6.25. The van der Waals surface area contributed by atoms with E-state index >= 15 is 0 Å². The predicted octanol–water partition coefficient (Wildman–Crippen LogP) is 0.472. The van der Waals surface area contributed by atoms with Crippen molar-refractivity contribution in [1.29, 1.82) is 0 Å². The van der Waals surface area contributed by atoms with E-state index in [9.17, 15) is 9.59 Å². The van der Waals surface area contributed by atoms with Gasteiger partial charge in [-0.2, -0.15) is 0 Å². The van der Waals surface area contributed by atoms with Crippen LogP contribution in [0.25, 0.3) is 0 Å². The Balaban J connectivity index is 1.96. The molecule has 1 N–H and O–H groups in total. The summed E-state index contributed by atoms with van der Waals surface area (Å²) in [6, 6.07) is 0.330. The third-order valence-electron chi connectivity index (χ3n) is 4.63. The van der Waals surface area contributed by atoms with Crippen LogP contribution >= 0.6 is 0 Å². The van der Waals surface area contributed by atoms with Gasteiger partial charge in [0, 0.05) is 39.2 Å². The first-order chi connectivity index (χ1) is 10.7. The molecule has 2 heterocycles. The minimum absolute atomic E-state index is 0.0807. The van der Waals surface area contributed by atoms with E-state index in [1.165, 1.54) is 0 Å². The quantitative estimate of drug-likeness (QED) is 0.742. The third-order valence-corrected chi connectivity index (χ3v) is 4.63. The van der Waals surface area contributed by atoms with Crippen molar-refractivity contribution in [2.45, 2.75) is 38.6 Å². The molecule has 126 valence electrons. The van der Waals surface area contributed by atoms with E-state index in [0.717, 1.165) is 38.9 Å². The Labute approximate surface area is 133 Å². The standard InChI is InChI=1S/C16H29N3O3/c1-3-8-19(14-4-6-17-7-5-14)16(21)13-11-15(20)18(12-13)9-10-22-2/h13-14,17H,3-12H2,1-2H3. The van der Waals surface area contributed by atoms with Crippen molar-refractivity contribution < 1.29 is 14.3 Å². The second kappa shape index (κ2) is 8.48. The van der Waals surface area contributed by atoms with Gasteiger partial charge in [-0.1, -0.05) is 6.92 Å². The van der Waals surface area contributed by atoms with Crippen LogP contribution in [0.5, 0.6) is 0 Å². The van der Waals surface area contributed by atoms with Gasteiger partial charge in [0.15, 0.2) is 0 Å². The average Bonchev–Trinajstić information content (AvgIpc) is 2.92. The lowest BCUT2D eigenvalue weighted by atomic mass is 10.0. The van der Waals surface area contributed by atoms with Gasteiger partial charge < -0.3 is 19.9 Å². The molecule has 2 rings (SSSR count). The van der Waals surface area contributed by atoms with Gasteiger partial charge in [0.05, 0.1) is 12.5 Å². The molecule has 2 aliphatic heterocycles. The fourth-order valence-electron chi connectivity index (χ4n) is 3.42. The smallest absolute Gasteiger partial charge is 0.228 e. The SMILES string of the molecule is CCCN(C(=O)C1CC(=O)N(CCOC)C1)C1CCNCC1. The van der Waals surface area contributed by atoms with Crippen molar-refractivity contribution in [3.8, 4) is 0 Å². The normalized spacial score (nSPS) is 23.1. The van der Waals surface area contributed by atoms with Gasteiger partial charge in [-0.3, -0.25) is 9.59 Å². The molecule has 0 radical (unpaired) electrons. The van der Waals surface area contributed by atoms with Crippen LogP contribution in [0.2, 0.25) is 0 Å². The first-order valence-corrected chi connectivity index (χ1v) is 8.45. The van der Waals surface area contributed by atoms with Gasteiger partial charge in [-0.15, -0.1) is 0 Å². The van der Waals surface area contributed by atoms with Crippen LogP contribution in [0.15, 0.2) is 0 Å². The molecule has 0 aromatic rings. The highest BCUT2D eigenvalue weighted by Crippen LogP contribution is 2.23. The number of rotatable bonds is 7. The Kier molecular flexibility index (Phi) is 6.64. The van der Waals surface area contributed by atoms with Gasteiger partial charge in [-0.25, -0.2) is 0 Å². The number of hydrogen-bond donors (Lipinski definition) is 1. The highest BCUT2D eigenvalue weighted by molar-refractivity contribution is 5.89. The van der Waals surface area contributed by atoms with Crippen LogP contribution < -0.4 is 5.32 Å². The fourth-order valence-corrected chi connectivity index (χ4v) is 3.42. The summed E-state index contributed by atoms with van der Waals surface area (Å²) in [5.41, 5.74) is 0. The van der Waals surface area contributed by atoms with Crippen LogP contribution in [0.3, 0.4) is 0 Å². The number of likely N-dealkylation sites (tertiary alicyclic amines) is 1. The van der Waals surface area contributed by atoms with E-state index in [1.54, 1.807) is 12.0 Å². The number of methoxy groups -OCH3 is 1. The van der Waals surface area contributed by atoms with Crippen LogP contribution in [0.4, 0.5) is 0 Å². The van der Waals surface area contributed by atoms with Gasteiger partial charge in [-0.05, 0) is 32.4 Å². The first kappa shape index (κ1) is 17.2. The molecule has 6 nitrogen and oxygen atoms in total. The van der Waals surface area contributed by atoms with Crippen molar-refractivity contribution in [3.05, 3.63) is 0 Å². The topological polar surface area (TPSA) is 61.9 Å². The number of piperidine rings is 1. The zero-order valence-corrected chi connectivity index (χ0v) is 13.8. The van der Waals surface area contributed by atoms with Crippen LogP contribution in [-0.4, -0.2) is 74.1 Å². The number of hydrogen-bond acceptors (Lipinski definition) is 4. The Hall–Kier alpha value is -1.14. The molecule has 2 amide bonds. The van der Waals surface area contributed by atoms with Crippen LogP contribution in [-0.2, 0) is 14.3 Å². The Bertz CT molecular complexity index is 383. The van der Waals surface area contributed by atoms with Crippen molar-refractivity contribution in [3.63, 3.8) is 0 Å². The molecule has 0 aromatic carbocycles. The Morgan fingerprint density at radius 2 is 2.14 bits per heavy atom. The monoisotopic (exact) mass is 311 g/mol. The zero-order valence-electron chi connectivity index (χ0n) is 13.8. The number of ether oxygens (including phenoxy) is 1. The zero-order chi connectivity index (χ0) is 15.9. The summed E-state index contributed by atoms with van der Waals surface area (Å²) in [6.45, 7) is 6.51. The van der Waals surface area contributed by atoms with E-state index in [1.807, 2.05) is 4.90 Å². The highest BCUT2D eigenvalue weighted by atomic mass is 16.5. The van der Waals surface area contributed by atoms with Crippen molar-refractivity contribution >= 4 is 11.8 Å². The largest absolute Gasteiger partial charge is 0.383 e. The average molecular weight is 311 g/mol. The summed E-state index contributed by atoms with van der Waals surface area (Å²) in [7, 11) is 1.63. The molecule has 1 unspecified atom stereocenters. The van der Waals surface area contributed by atoms with Gasteiger partial charge in [0.25, 0.3) is 0 Å². The van der Waals surface area contributed by atoms with Gasteiger partial charge >= 0.3 is 0 Å². The molecule has 2 saturated heterocycles. The number of carbonyl (C=O) groups excluding carboxylic acids is 2. The summed E-state index contributed by atoms with van der Waals surface area (Å²) in [4.78, 5) is 28.7. The fraction of sp³-hybridized carbons (Fsp3) is 0.875. The summed E-state index contributed by atoms with van der Waals surface area (Å²) in [5.74, 6) is 0.0740. The van der Waals surface area contributed by atoms with E-state index in [-0.39, 0.29) is 17.7 Å². The summed E-state index contributed by atoms with van der Waals surface area (Å²) in [6.07, 6.45) is 3.34. The maximum Gasteiger partial charge on any atom is 0.228 e. The summed E-state index contributed by atoms with van der Waals surface area (Å²) >= 11 is 0. The molecule has 22 heavy (non-hydrogen) atoms. The minimum Gasteiger partial charge on any atom is -0.383 e. The molecule has 1 atom stereocenters. The Morgan fingerprint density at radius 1 is 1.41 bits per heavy atom. The molecule has 0 aliphatic carbocycles. The van der Waals surface area contributed by atoms with E-state index in [2.05, 4.69) is 12.2 Å². The first-order valence-electron chi connectivity index (χ1n) is 8.45. The molecule has 6 heteroatoms. The van der Waals surface area contributed by atoms with Crippen LogP contribution in [0, 0.1) is 5.92 Å². The third kappa shape index (κ3) is 4.20. The number of nitrogens with zero attached hydrogens (tertiary/aromatic N) is 2. The van der Waals surface area contributed by atoms with E-state index in [0.29, 0.717) is 32.2 Å². The number of carbonyl (C=O) groups is 2. The van der Waals surface area contributed by atoms with Crippen molar-refractivity contribution in [2.75, 3.05) is 46.4 Å². The maximum atomic E-state index is 12.9.